The number of anilines is 2. The van der Waals surface area contributed by atoms with Crippen molar-refractivity contribution in [2.75, 3.05) is 56.0 Å². The van der Waals surface area contributed by atoms with Gasteiger partial charge in [0.15, 0.2) is 5.82 Å². The van der Waals surface area contributed by atoms with E-state index in [1.165, 1.54) is 19.4 Å². The minimum Gasteiger partial charge on any atom is -0.507 e. The molecule has 0 amide bonds. The van der Waals surface area contributed by atoms with E-state index in [2.05, 4.69) is 36.7 Å². The standard InChI is InChI=1S/C21H28N6O/c28-20-4-2-1-3-17(20)18-11-19-21(25-24-18)23-12-16-14-26(9-10-27(16)19)13-15-5-7-22-8-6-15/h1-4,11,15-16,22,28H,5-10,12-14H2,(H,23,25)/t16-/m0/s1. The van der Waals surface area contributed by atoms with Crippen LogP contribution in [0.3, 0.4) is 0 Å². The molecule has 4 heterocycles. The number of para-hydroxylation sites is 1. The van der Waals surface area contributed by atoms with Gasteiger partial charge in [0.05, 0.1) is 17.4 Å². The third kappa shape index (κ3) is 3.40. The summed E-state index contributed by atoms with van der Waals surface area (Å²) in [5.41, 5.74) is 2.55. The molecule has 3 aliphatic heterocycles. The largest absolute Gasteiger partial charge is 0.507 e. The van der Waals surface area contributed by atoms with Crippen molar-refractivity contribution in [1.29, 1.82) is 0 Å². The van der Waals surface area contributed by atoms with Crippen LogP contribution in [0.2, 0.25) is 0 Å². The molecule has 5 rings (SSSR count). The van der Waals surface area contributed by atoms with Crippen molar-refractivity contribution in [3.63, 3.8) is 0 Å². The second-order valence-corrected chi connectivity index (χ2v) is 8.16. The fourth-order valence-corrected chi connectivity index (χ4v) is 4.77. The zero-order valence-electron chi connectivity index (χ0n) is 16.1. The molecule has 0 saturated carbocycles. The van der Waals surface area contributed by atoms with Crippen LogP contribution < -0.4 is 15.5 Å². The highest BCUT2D eigenvalue weighted by molar-refractivity contribution is 5.76. The predicted molar refractivity (Wildman–Crippen MR) is 111 cm³/mol. The first-order valence-corrected chi connectivity index (χ1v) is 10.4. The lowest BCUT2D eigenvalue weighted by atomic mass is 9.96. The Balaban J connectivity index is 1.33. The summed E-state index contributed by atoms with van der Waals surface area (Å²) in [6.45, 7) is 7.64. The van der Waals surface area contributed by atoms with E-state index < -0.39 is 0 Å². The highest BCUT2D eigenvalue weighted by Crippen LogP contribution is 2.36. The molecule has 1 aromatic carbocycles. The summed E-state index contributed by atoms with van der Waals surface area (Å²) in [5.74, 6) is 1.92. The Bertz CT molecular complexity index is 837. The Hall–Kier alpha value is -2.38. The first-order chi connectivity index (χ1) is 13.8. The van der Waals surface area contributed by atoms with E-state index in [4.69, 9.17) is 0 Å². The number of benzene rings is 1. The van der Waals surface area contributed by atoms with Crippen molar-refractivity contribution in [2.45, 2.75) is 18.9 Å². The highest BCUT2D eigenvalue weighted by atomic mass is 16.3. The molecule has 1 aromatic heterocycles. The highest BCUT2D eigenvalue weighted by Gasteiger charge is 2.33. The maximum atomic E-state index is 10.2. The molecule has 2 saturated heterocycles. The SMILES string of the molecule is Oc1ccccc1-c1cc2c(nn1)NC[C@H]1CN(CC3CCNCC3)CCN21. The quantitative estimate of drug-likeness (QED) is 0.749. The molecule has 0 aliphatic carbocycles. The van der Waals surface area contributed by atoms with Crippen LogP contribution in [0.15, 0.2) is 30.3 Å². The number of phenolic OH excluding ortho intramolecular Hbond substituents is 1. The van der Waals surface area contributed by atoms with Crippen LogP contribution in [-0.4, -0.2) is 72.1 Å². The van der Waals surface area contributed by atoms with Gasteiger partial charge in [-0.15, -0.1) is 10.2 Å². The fraction of sp³-hybridized carbons (Fsp3) is 0.524. The summed E-state index contributed by atoms with van der Waals surface area (Å²) in [7, 11) is 0. The number of aromatic nitrogens is 2. The molecular weight excluding hydrogens is 352 g/mol. The van der Waals surface area contributed by atoms with Crippen LogP contribution >= 0.6 is 0 Å². The number of phenols is 1. The Kier molecular flexibility index (Phi) is 4.78. The van der Waals surface area contributed by atoms with Gasteiger partial charge in [-0.05, 0) is 50.0 Å². The van der Waals surface area contributed by atoms with Crippen molar-refractivity contribution in [2.24, 2.45) is 5.92 Å². The maximum Gasteiger partial charge on any atom is 0.172 e. The monoisotopic (exact) mass is 380 g/mol. The number of aromatic hydroxyl groups is 1. The lowest BCUT2D eigenvalue weighted by molar-refractivity contribution is 0.176. The lowest BCUT2D eigenvalue weighted by Gasteiger charge is -2.46. The fourth-order valence-electron chi connectivity index (χ4n) is 4.77. The van der Waals surface area contributed by atoms with Gasteiger partial charge in [-0.3, -0.25) is 4.90 Å². The van der Waals surface area contributed by atoms with Crippen LogP contribution in [0.1, 0.15) is 12.8 Å². The van der Waals surface area contributed by atoms with Crippen LogP contribution in [0.25, 0.3) is 11.3 Å². The number of hydrogen-bond donors (Lipinski definition) is 3. The normalized spacial score (nSPS) is 23.0. The summed E-state index contributed by atoms with van der Waals surface area (Å²) >= 11 is 0. The van der Waals surface area contributed by atoms with E-state index in [-0.39, 0.29) is 5.75 Å². The van der Waals surface area contributed by atoms with Gasteiger partial charge in [0.2, 0.25) is 0 Å². The molecule has 0 spiro atoms. The van der Waals surface area contributed by atoms with Crippen LogP contribution in [0.4, 0.5) is 11.5 Å². The summed E-state index contributed by atoms with van der Waals surface area (Å²) < 4.78 is 0. The second-order valence-electron chi connectivity index (χ2n) is 8.16. The van der Waals surface area contributed by atoms with Gasteiger partial charge < -0.3 is 20.6 Å². The van der Waals surface area contributed by atoms with Gasteiger partial charge in [-0.25, -0.2) is 0 Å². The van der Waals surface area contributed by atoms with Crippen molar-refractivity contribution >= 4 is 11.5 Å². The van der Waals surface area contributed by atoms with Crippen molar-refractivity contribution in [3.05, 3.63) is 30.3 Å². The molecule has 0 unspecified atom stereocenters. The Morgan fingerprint density at radius 2 is 1.96 bits per heavy atom. The van der Waals surface area contributed by atoms with Crippen LogP contribution in [0.5, 0.6) is 5.75 Å². The van der Waals surface area contributed by atoms with E-state index in [0.717, 1.165) is 67.9 Å². The van der Waals surface area contributed by atoms with Gasteiger partial charge in [0.1, 0.15) is 5.75 Å². The third-order valence-electron chi connectivity index (χ3n) is 6.31. The molecule has 2 aromatic rings. The van der Waals surface area contributed by atoms with Crippen LogP contribution in [-0.2, 0) is 0 Å². The molecule has 3 N–H and O–H groups in total. The molecule has 0 bridgehead atoms. The number of piperidine rings is 1. The molecule has 148 valence electrons. The number of nitrogens with zero attached hydrogens (tertiary/aromatic N) is 4. The van der Waals surface area contributed by atoms with E-state index in [1.807, 2.05) is 18.2 Å². The van der Waals surface area contributed by atoms with E-state index in [9.17, 15) is 5.11 Å². The average molecular weight is 380 g/mol. The minimum absolute atomic E-state index is 0.240. The molecule has 0 radical (unpaired) electrons. The van der Waals surface area contributed by atoms with Gasteiger partial charge >= 0.3 is 0 Å². The smallest absolute Gasteiger partial charge is 0.172 e. The molecule has 7 heteroatoms. The first kappa shape index (κ1) is 17.7. The third-order valence-corrected chi connectivity index (χ3v) is 6.31. The maximum absolute atomic E-state index is 10.2. The number of nitrogens with one attached hydrogen (secondary N) is 2. The number of fused-ring (bicyclic) bond motifs is 3. The zero-order valence-corrected chi connectivity index (χ0v) is 16.1. The summed E-state index contributed by atoms with van der Waals surface area (Å²) in [4.78, 5) is 5.12. The predicted octanol–water partition coefficient (Wildman–Crippen LogP) is 1.76. The van der Waals surface area contributed by atoms with Gasteiger partial charge in [0, 0.05) is 38.3 Å². The van der Waals surface area contributed by atoms with Crippen LogP contribution in [0, 0.1) is 5.92 Å². The lowest BCUT2D eigenvalue weighted by Crippen LogP contribution is -2.58. The van der Waals surface area contributed by atoms with Gasteiger partial charge in [-0.1, -0.05) is 12.1 Å². The van der Waals surface area contributed by atoms with E-state index in [0.29, 0.717) is 6.04 Å². The Morgan fingerprint density at radius 1 is 1.11 bits per heavy atom. The molecule has 7 nitrogen and oxygen atoms in total. The van der Waals surface area contributed by atoms with Gasteiger partial charge in [-0.2, -0.15) is 0 Å². The van der Waals surface area contributed by atoms with E-state index >= 15 is 0 Å². The molecule has 3 aliphatic rings. The first-order valence-electron chi connectivity index (χ1n) is 10.4. The Labute approximate surface area is 165 Å². The summed E-state index contributed by atoms with van der Waals surface area (Å²) in [6.07, 6.45) is 2.59. The molecular formula is C21H28N6O. The molecule has 2 fully saturated rings. The second kappa shape index (κ2) is 7.56. The molecule has 28 heavy (non-hydrogen) atoms. The topological polar surface area (TPSA) is 76.5 Å². The average Bonchev–Trinajstić information content (AvgIpc) is 2.74. The number of rotatable bonds is 3. The van der Waals surface area contributed by atoms with Crippen molar-refractivity contribution in [3.8, 4) is 17.0 Å². The molecule has 1 atom stereocenters. The Morgan fingerprint density at radius 3 is 2.82 bits per heavy atom. The minimum atomic E-state index is 0.240. The number of piperazine rings is 1. The summed E-state index contributed by atoms with van der Waals surface area (Å²) in [6, 6.07) is 9.83. The van der Waals surface area contributed by atoms with Crippen molar-refractivity contribution < 1.29 is 5.11 Å². The zero-order chi connectivity index (χ0) is 18.9. The van der Waals surface area contributed by atoms with E-state index in [1.54, 1.807) is 6.07 Å². The summed E-state index contributed by atoms with van der Waals surface area (Å²) in [5, 5.41) is 25.9. The number of hydrogen-bond acceptors (Lipinski definition) is 7. The van der Waals surface area contributed by atoms with Gasteiger partial charge in [0.25, 0.3) is 0 Å². The van der Waals surface area contributed by atoms with Crippen molar-refractivity contribution in [1.82, 2.24) is 20.4 Å².